The molecule has 2 unspecified atom stereocenters. The maximum Gasteiger partial charge on any atom is 0.328 e. The van der Waals surface area contributed by atoms with Crippen molar-refractivity contribution < 1.29 is 47.5 Å². The van der Waals surface area contributed by atoms with Crippen molar-refractivity contribution in [2.75, 3.05) is 20.9 Å². The normalized spacial score (nSPS) is 12.5. The van der Waals surface area contributed by atoms with Crippen LogP contribution in [0.25, 0.3) is 11.3 Å². The van der Waals surface area contributed by atoms with Crippen LogP contribution < -0.4 is 16.0 Å². The topological polar surface area (TPSA) is 183 Å². The monoisotopic (exact) mass is 720 g/mol. The number of furan rings is 1. The number of carbonyl (C=O) groups is 6. The number of hydrogen-bond donors (Lipinski definition) is 3. The molecular weight excluding hydrogens is 672 g/mol. The largest absolute Gasteiger partial charge is 0.469 e. The summed E-state index contributed by atoms with van der Waals surface area (Å²) in [6.45, 7) is 3.97. The highest BCUT2D eigenvalue weighted by atomic mass is 16.7. The van der Waals surface area contributed by atoms with Crippen molar-refractivity contribution in [2.24, 2.45) is 5.92 Å². The number of carbonyl (C=O) groups excluding carboxylic acids is 6. The number of nitrogens with one attached hydrogen (secondary N) is 3. The van der Waals surface area contributed by atoms with Crippen molar-refractivity contribution in [1.29, 1.82) is 0 Å². The Balaban J connectivity index is 1.58. The van der Waals surface area contributed by atoms with Gasteiger partial charge in [0.15, 0.2) is 5.76 Å². The molecule has 3 atom stereocenters. The standard InChI is InChI=1S/C38H48N4O10/c1-5-7-9-14-29(31(6-2)42(25-43)51-23-26-12-10-8-11-13-26)36(46)39-24-40-37(47)33-21-20-32(52-33)27-15-17-28(18-16-27)35(45)41-30(38(48)50-4)19-22-34(44)49-3/h8,10-13,15-18,20-21,25,29-31H,5-7,9,14,19,22-24H2,1-4H3,(H,39,46)(H,40,47)(H,41,45)/t29?,30?,31-/m1/s1. The molecule has 0 aliphatic heterocycles. The maximum atomic E-state index is 13.4. The highest BCUT2D eigenvalue weighted by Crippen LogP contribution is 2.24. The van der Waals surface area contributed by atoms with Gasteiger partial charge in [-0.2, -0.15) is 0 Å². The van der Waals surface area contributed by atoms with Crippen LogP contribution in [-0.2, 0) is 40.1 Å². The quantitative estimate of drug-likeness (QED) is 0.0438. The second-order valence-corrected chi connectivity index (χ2v) is 11.9. The molecule has 0 fully saturated rings. The molecule has 0 bridgehead atoms. The number of unbranched alkanes of at least 4 members (excludes halogenated alkanes) is 2. The number of amides is 4. The first-order chi connectivity index (χ1) is 25.1. The number of nitrogens with zero attached hydrogens (tertiary/aromatic N) is 1. The van der Waals surface area contributed by atoms with E-state index < -0.39 is 41.8 Å². The van der Waals surface area contributed by atoms with Gasteiger partial charge in [0.05, 0.1) is 32.8 Å². The van der Waals surface area contributed by atoms with E-state index in [-0.39, 0.29) is 43.3 Å². The Morgan fingerprint density at radius 1 is 0.846 bits per heavy atom. The minimum absolute atomic E-state index is 0.00460. The second kappa shape index (κ2) is 21.7. The average Bonchev–Trinajstić information content (AvgIpc) is 3.67. The number of hydroxylamine groups is 2. The fourth-order valence-electron chi connectivity index (χ4n) is 5.51. The third-order valence-electron chi connectivity index (χ3n) is 8.42. The fraction of sp³-hybridized carbons (Fsp3) is 0.421. The van der Waals surface area contributed by atoms with E-state index in [1.165, 1.54) is 37.5 Å². The molecule has 3 rings (SSSR count). The third-order valence-corrected chi connectivity index (χ3v) is 8.42. The summed E-state index contributed by atoms with van der Waals surface area (Å²) in [5, 5.41) is 9.20. The molecule has 0 spiro atoms. The van der Waals surface area contributed by atoms with Crippen molar-refractivity contribution in [2.45, 2.75) is 77.5 Å². The van der Waals surface area contributed by atoms with E-state index in [0.29, 0.717) is 30.6 Å². The summed E-state index contributed by atoms with van der Waals surface area (Å²) < 4.78 is 15.1. The highest BCUT2D eigenvalue weighted by Gasteiger charge is 2.32. The summed E-state index contributed by atoms with van der Waals surface area (Å²) in [6.07, 6.45) is 4.22. The van der Waals surface area contributed by atoms with E-state index in [4.69, 9.17) is 14.0 Å². The number of rotatable bonds is 22. The first-order valence-corrected chi connectivity index (χ1v) is 17.3. The van der Waals surface area contributed by atoms with Gasteiger partial charge >= 0.3 is 11.9 Å². The lowest BCUT2D eigenvalue weighted by Gasteiger charge is -2.32. The van der Waals surface area contributed by atoms with Crippen molar-refractivity contribution in [3.05, 3.63) is 83.6 Å². The Morgan fingerprint density at radius 2 is 1.58 bits per heavy atom. The van der Waals surface area contributed by atoms with Gasteiger partial charge < -0.3 is 29.8 Å². The van der Waals surface area contributed by atoms with Gasteiger partial charge in [0.25, 0.3) is 11.8 Å². The summed E-state index contributed by atoms with van der Waals surface area (Å²) in [5.41, 5.74) is 1.71. The molecule has 3 N–H and O–H groups in total. The Bertz CT molecular complexity index is 1610. The number of methoxy groups -OCH3 is 2. The molecule has 280 valence electrons. The van der Waals surface area contributed by atoms with Gasteiger partial charge in [0, 0.05) is 17.5 Å². The zero-order valence-corrected chi connectivity index (χ0v) is 30.1. The van der Waals surface area contributed by atoms with Crippen LogP contribution in [-0.4, -0.2) is 74.1 Å². The molecule has 2 aromatic carbocycles. The molecule has 52 heavy (non-hydrogen) atoms. The van der Waals surface area contributed by atoms with Crippen molar-refractivity contribution in [1.82, 2.24) is 21.0 Å². The Kier molecular flexibility index (Phi) is 17.0. The van der Waals surface area contributed by atoms with Crippen molar-refractivity contribution in [3.8, 4) is 11.3 Å². The SMILES string of the molecule is CCCCCC(C(=O)NCNC(=O)c1ccc(-c2ccc(C(=O)NC(CCC(=O)OC)C(=O)OC)cc2)o1)[C@@H](CC)N(C=O)OCc1ccccc1. The van der Waals surface area contributed by atoms with Gasteiger partial charge in [-0.25, -0.2) is 9.86 Å². The van der Waals surface area contributed by atoms with Crippen LogP contribution in [0.4, 0.5) is 0 Å². The second-order valence-electron chi connectivity index (χ2n) is 11.9. The van der Waals surface area contributed by atoms with E-state index >= 15 is 0 Å². The van der Waals surface area contributed by atoms with E-state index in [2.05, 4.69) is 27.6 Å². The van der Waals surface area contributed by atoms with Gasteiger partial charge in [-0.1, -0.05) is 75.6 Å². The van der Waals surface area contributed by atoms with Gasteiger partial charge in [-0.15, -0.1) is 0 Å². The van der Waals surface area contributed by atoms with Crippen molar-refractivity contribution >= 4 is 36.1 Å². The molecule has 0 radical (unpaired) electrons. The number of benzene rings is 2. The number of hydrogen-bond acceptors (Lipinski definition) is 10. The van der Waals surface area contributed by atoms with Crippen LogP contribution in [0.3, 0.4) is 0 Å². The molecule has 4 amide bonds. The minimum Gasteiger partial charge on any atom is -0.469 e. The molecule has 0 saturated carbocycles. The van der Waals surface area contributed by atoms with Crippen LogP contribution in [0.5, 0.6) is 0 Å². The lowest BCUT2D eigenvalue weighted by molar-refractivity contribution is -0.200. The first kappa shape index (κ1) is 40.9. The zero-order valence-electron chi connectivity index (χ0n) is 30.1. The van der Waals surface area contributed by atoms with Crippen molar-refractivity contribution in [3.63, 3.8) is 0 Å². The Hall–Kier alpha value is -5.50. The summed E-state index contributed by atoms with van der Waals surface area (Å²) in [7, 11) is 2.41. The van der Waals surface area contributed by atoms with Crippen LogP contribution in [0.1, 0.15) is 85.3 Å². The summed E-state index contributed by atoms with van der Waals surface area (Å²) in [5.74, 6) is -2.85. The van der Waals surface area contributed by atoms with Crippen LogP contribution in [0.15, 0.2) is 71.1 Å². The van der Waals surface area contributed by atoms with E-state index in [0.717, 1.165) is 24.8 Å². The van der Waals surface area contributed by atoms with E-state index in [9.17, 15) is 28.8 Å². The zero-order chi connectivity index (χ0) is 37.9. The lowest BCUT2D eigenvalue weighted by Crippen LogP contribution is -2.48. The van der Waals surface area contributed by atoms with Gasteiger partial charge in [-0.05, 0) is 49.1 Å². The van der Waals surface area contributed by atoms with Gasteiger partial charge in [0.2, 0.25) is 12.3 Å². The van der Waals surface area contributed by atoms with E-state index in [1.54, 1.807) is 18.2 Å². The average molecular weight is 721 g/mol. The Morgan fingerprint density at radius 3 is 2.21 bits per heavy atom. The van der Waals surface area contributed by atoms with Crippen LogP contribution in [0.2, 0.25) is 0 Å². The summed E-state index contributed by atoms with van der Waals surface area (Å²) in [6, 6.07) is 17.2. The number of esters is 2. The number of ether oxygens (including phenoxy) is 2. The molecule has 0 aliphatic carbocycles. The Labute approximate surface area is 303 Å². The predicted molar refractivity (Wildman–Crippen MR) is 190 cm³/mol. The van der Waals surface area contributed by atoms with Crippen LogP contribution >= 0.6 is 0 Å². The molecule has 0 saturated heterocycles. The maximum absolute atomic E-state index is 13.4. The van der Waals surface area contributed by atoms with E-state index in [1.807, 2.05) is 37.3 Å². The molecule has 14 nitrogen and oxygen atoms in total. The summed E-state index contributed by atoms with van der Waals surface area (Å²) >= 11 is 0. The smallest absolute Gasteiger partial charge is 0.328 e. The van der Waals surface area contributed by atoms with Gasteiger partial charge in [0.1, 0.15) is 18.4 Å². The summed E-state index contributed by atoms with van der Waals surface area (Å²) in [4.78, 5) is 80.7. The van der Waals surface area contributed by atoms with Crippen LogP contribution in [0, 0.1) is 5.92 Å². The molecule has 3 aromatic rings. The minimum atomic E-state index is -1.04. The molecule has 1 aromatic heterocycles. The molecule has 14 heteroatoms. The third kappa shape index (κ3) is 12.4. The molecule has 0 aliphatic rings. The highest BCUT2D eigenvalue weighted by molar-refractivity contribution is 5.97. The predicted octanol–water partition coefficient (Wildman–Crippen LogP) is 4.54. The van der Waals surface area contributed by atoms with Gasteiger partial charge in [-0.3, -0.25) is 28.8 Å². The fourth-order valence-corrected chi connectivity index (χ4v) is 5.51. The molecule has 1 heterocycles. The lowest BCUT2D eigenvalue weighted by atomic mass is 9.90. The molecular formula is C38H48N4O10. The first-order valence-electron chi connectivity index (χ1n) is 17.3.